The Kier molecular flexibility index (Phi) is 5.88. The average molecular weight is 419 g/mol. The zero-order chi connectivity index (χ0) is 21.3. The molecule has 30 heavy (non-hydrogen) atoms. The summed E-state index contributed by atoms with van der Waals surface area (Å²) >= 11 is 0. The predicted octanol–water partition coefficient (Wildman–Crippen LogP) is 2.11. The molecular formula is C22H29NO7. The maximum absolute atomic E-state index is 12.2. The topological polar surface area (TPSA) is 94.5 Å². The van der Waals surface area contributed by atoms with Gasteiger partial charge < -0.3 is 24.1 Å². The highest BCUT2D eigenvalue weighted by Gasteiger charge is 2.39. The Morgan fingerprint density at radius 3 is 2.80 bits per heavy atom. The van der Waals surface area contributed by atoms with E-state index in [0.717, 1.165) is 38.4 Å². The number of ether oxygens (including phenoxy) is 4. The van der Waals surface area contributed by atoms with Crippen molar-refractivity contribution in [2.45, 2.75) is 51.7 Å². The second-order valence-corrected chi connectivity index (χ2v) is 8.44. The van der Waals surface area contributed by atoms with E-state index in [-0.39, 0.29) is 30.3 Å². The van der Waals surface area contributed by atoms with Gasteiger partial charge >= 0.3 is 11.9 Å². The SMILES string of the molecule is Cc1c2c(c(O)c3c1O[C@](C)(CCC(=O)OCCN1CCOCC1)CC3)C(=O)OC2. The molecule has 3 aliphatic rings. The summed E-state index contributed by atoms with van der Waals surface area (Å²) in [6, 6.07) is 0. The molecular weight excluding hydrogens is 390 g/mol. The lowest BCUT2D eigenvalue weighted by molar-refractivity contribution is -0.145. The summed E-state index contributed by atoms with van der Waals surface area (Å²) in [5.41, 5.74) is 1.88. The lowest BCUT2D eigenvalue weighted by Gasteiger charge is -2.37. The highest BCUT2D eigenvalue weighted by Crippen LogP contribution is 2.47. The van der Waals surface area contributed by atoms with Gasteiger partial charge in [-0.05, 0) is 38.7 Å². The molecule has 8 heteroatoms. The van der Waals surface area contributed by atoms with Crippen molar-refractivity contribution in [3.05, 3.63) is 22.3 Å². The summed E-state index contributed by atoms with van der Waals surface area (Å²) in [5.74, 6) is -0.135. The first-order valence-corrected chi connectivity index (χ1v) is 10.6. The van der Waals surface area contributed by atoms with Gasteiger partial charge in [0.05, 0.1) is 13.2 Å². The van der Waals surface area contributed by atoms with Gasteiger partial charge in [-0.1, -0.05) is 0 Å². The second-order valence-electron chi connectivity index (χ2n) is 8.44. The molecule has 0 amide bonds. The molecule has 3 aliphatic heterocycles. The van der Waals surface area contributed by atoms with Crippen LogP contribution in [0.2, 0.25) is 0 Å². The number of cyclic esters (lactones) is 1. The Balaban J connectivity index is 1.34. The summed E-state index contributed by atoms with van der Waals surface area (Å²) < 4.78 is 22.1. The number of morpholine rings is 1. The van der Waals surface area contributed by atoms with Crippen LogP contribution >= 0.6 is 0 Å². The Labute approximate surface area is 176 Å². The van der Waals surface area contributed by atoms with E-state index >= 15 is 0 Å². The van der Waals surface area contributed by atoms with E-state index < -0.39 is 11.6 Å². The standard InChI is InChI=1S/C22H29NO7/c1-14-16-13-29-21(26)18(16)19(25)15-3-5-22(2,30-20(14)15)6-4-17(24)28-12-9-23-7-10-27-11-8-23/h25H,3-13H2,1-2H3/t22-/m0/s1. The van der Waals surface area contributed by atoms with Gasteiger partial charge in [-0.3, -0.25) is 9.69 Å². The Morgan fingerprint density at radius 1 is 1.27 bits per heavy atom. The van der Waals surface area contributed by atoms with Crippen molar-refractivity contribution in [3.63, 3.8) is 0 Å². The molecule has 0 unspecified atom stereocenters. The summed E-state index contributed by atoms with van der Waals surface area (Å²) in [4.78, 5) is 26.4. The van der Waals surface area contributed by atoms with Gasteiger partial charge in [0.15, 0.2) is 0 Å². The normalized spacial score (nSPS) is 23.3. The molecule has 1 aromatic carbocycles. The van der Waals surface area contributed by atoms with Crippen LogP contribution in [-0.2, 0) is 32.0 Å². The maximum atomic E-state index is 12.2. The first-order chi connectivity index (χ1) is 14.4. The van der Waals surface area contributed by atoms with Crippen LogP contribution < -0.4 is 4.74 Å². The summed E-state index contributed by atoms with van der Waals surface area (Å²) in [7, 11) is 0. The fraction of sp³-hybridized carbons (Fsp3) is 0.636. The number of esters is 2. The monoisotopic (exact) mass is 419 g/mol. The molecule has 0 saturated carbocycles. The Bertz CT molecular complexity index is 847. The summed E-state index contributed by atoms with van der Waals surface area (Å²) in [6.45, 7) is 8.30. The van der Waals surface area contributed by atoms with Crippen molar-refractivity contribution in [3.8, 4) is 11.5 Å². The van der Waals surface area contributed by atoms with Crippen molar-refractivity contribution >= 4 is 11.9 Å². The van der Waals surface area contributed by atoms with Crippen LogP contribution in [0.5, 0.6) is 11.5 Å². The van der Waals surface area contributed by atoms with Gasteiger partial charge in [0.1, 0.15) is 35.9 Å². The molecule has 1 saturated heterocycles. The molecule has 0 bridgehead atoms. The van der Waals surface area contributed by atoms with E-state index in [1.54, 1.807) is 0 Å². The molecule has 1 atom stereocenters. The highest BCUT2D eigenvalue weighted by molar-refractivity contribution is 5.98. The summed E-state index contributed by atoms with van der Waals surface area (Å²) in [5, 5.41) is 10.6. The average Bonchev–Trinajstić information content (AvgIpc) is 3.13. The minimum Gasteiger partial charge on any atom is -0.507 e. The molecule has 3 heterocycles. The number of hydrogen-bond donors (Lipinski definition) is 1. The van der Waals surface area contributed by atoms with Crippen molar-refractivity contribution in [1.82, 2.24) is 4.90 Å². The maximum Gasteiger partial charge on any atom is 0.342 e. The summed E-state index contributed by atoms with van der Waals surface area (Å²) in [6.07, 6.45) is 2.01. The molecule has 1 aromatic rings. The van der Waals surface area contributed by atoms with Gasteiger partial charge in [-0.25, -0.2) is 4.79 Å². The lowest BCUT2D eigenvalue weighted by atomic mass is 9.85. The van der Waals surface area contributed by atoms with E-state index in [9.17, 15) is 14.7 Å². The third-order valence-electron chi connectivity index (χ3n) is 6.33. The van der Waals surface area contributed by atoms with E-state index in [1.807, 2.05) is 13.8 Å². The number of benzene rings is 1. The van der Waals surface area contributed by atoms with Crippen LogP contribution in [0.25, 0.3) is 0 Å². The quantitative estimate of drug-likeness (QED) is 0.701. The number of phenolic OH excluding ortho intramolecular Hbond substituents is 1. The Morgan fingerprint density at radius 2 is 2.03 bits per heavy atom. The van der Waals surface area contributed by atoms with Crippen LogP contribution in [0.15, 0.2) is 0 Å². The third-order valence-corrected chi connectivity index (χ3v) is 6.33. The van der Waals surface area contributed by atoms with E-state index in [4.69, 9.17) is 18.9 Å². The van der Waals surface area contributed by atoms with E-state index in [2.05, 4.69) is 4.90 Å². The van der Waals surface area contributed by atoms with Crippen molar-refractivity contribution in [2.24, 2.45) is 0 Å². The second kappa shape index (κ2) is 8.43. The van der Waals surface area contributed by atoms with Gasteiger partial charge in [0, 0.05) is 37.2 Å². The number of phenols is 1. The zero-order valence-electron chi connectivity index (χ0n) is 17.6. The molecule has 0 spiro atoms. The lowest BCUT2D eigenvalue weighted by Crippen LogP contribution is -2.39. The smallest absolute Gasteiger partial charge is 0.342 e. The molecule has 0 aromatic heterocycles. The van der Waals surface area contributed by atoms with Crippen LogP contribution in [-0.4, -0.2) is 67.0 Å². The van der Waals surface area contributed by atoms with Crippen molar-refractivity contribution in [2.75, 3.05) is 39.5 Å². The number of carbonyl (C=O) groups excluding carboxylic acids is 2. The molecule has 1 N–H and O–H groups in total. The highest BCUT2D eigenvalue weighted by atomic mass is 16.5. The third kappa shape index (κ3) is 4.11. The first-order valence-electron chi connectivity index (χ1n) is 10.6. The zero-order valence-corrected chi connectivity index (χ0v) is 17.6. The van der Waals surface area contributed by atoms with Gasteiger partial charge in [-0.2, -0.15) is 0 Å². The number of fused-ring (bicyclic) bond motifs is 2. The van der Waals surface area contributed by atoms with Crippen LogP contribution in [0, 0.1) is 6.92 Å². The number of carbonyl (C=O) groups is 2. The van der Waals surface area contributed by atoms with Gasteiger partial charge in [0.25, 0.3) is 0 Å². The fourth-order valence-corrected chi connectivity index (χ4v) is 4.35. The fourth-order valence-electron chi connectivity index (χ4n) is 4.35. The van der Waals surface area contributed by atoms with Crippen molar-refractivity contribution < 1.29 is 33.6 Å². The van der Waals surface area contributed by atoms with Crippen LogP contribution in [0.1, 0.15) is 53.2 Å². The van der Waals surface area contributed by atoms with Gasteiger partial charge in [0.2, 0.25) is 0 Å². The minimum atomic E-state index is -0.537. The van der Waals surface area contributed by atoms with E-state index in [0.29, 0.717) is 42.7 Å². The van der Waals surface area contributed by atoms with Crippen LogP contribution in [0.3, 0.4) is 0 Å². The first kappa shape index (κ1) is 20.9. The molecule has 0 radical (unpaired) electrons. The van der Waals surface area contributed by atoms with Crippen LogP contribution in [0.4, 0.5) is 0 Å². The number of rotatable bonds is 6. The molecule has 1 fully saturated rings. The Hall–Kier alpha value is -2.32. The number of hydrogen-bond acceptors (Lipinski definition) is 8. The minimum absolute atomic E-state index is 0.0299. The number of nitrogens with zero attached hydrogens (tertiary/aromatic N) is 1. The molecule has 0 aliphatic carbocycles. The molecule has 164 valence electrons. The largest absolute Gasteiger partial charge is 0.507 e. The predicted molar refractivity (Wildman–Crippen MR) is 107 cm³/mol. The number of aromatic hydroxyl groups is 1. The van der Waals surface area contributed by atoms with E-state index in [1.165, 1.54) is 0 Å². The van der Waals surface area contributed by atoms with Crippen molar-refractivity contribution in [1.29, 1.82) is 0 Å². The molecule has 8 nitrogen and oxygen atoms in total. The van der Waals surface area contributed by atoms with Gasteiger partial charge in [-0.15, -0.1) is 0 Å². The molecule has 4 rings (SSSR count).